The summed E-state index contributed by atoms with van der Waals surface area (Å²) in [6.07, 6.45) is -1.38. The first kappa shape index (κ1) is 28.8. The van der Waals surface area contributed by atoms with Crippen LogP contribution in [-0.4, -0.2) is 63.3 Å². The highest BCUT2D eigenvalue weighted by Crippen LogP contribution is 2.15. The van der Waals surface area contributed by atoms with Crippen molar-refractivity contribution in [1.29, 1.82) is 0 Å². The highest BCUT2D eigenvalue weighted by molar-refractivity contribution is 5.93. The molecule has 2 N–H and O–H groups in total. The largest absolute Gasteiger partial charge is 0.469 e. The van der Waals surface area contributed by atoms with Gasteiger partial charge in [-0.25, -0.2) is 9.59 Å². The van der Waals surface area contributed by atoms with Gasteiger partial charge in [-0.2, -0.15) is 0 Å². The molecule has 0 fully saturated rings. The van der Waals surface area contributed by atoms with Crippen LogP contribution in [0.5, 0.6) is 0 Å². The van der Waals surface area contributed by atoms with E-state index in [9.17, 15) is 24.0 Å². The molecule has 3 atom stereocenters. The first-order chi connectivity index (χ1) is 17.8. The van der Waals surface area contributed by atoms with Gasteiger partial charge in [0.1, 0.15) is 18.7 Å². The van der Waals surface area contributed by atoms with Gasteiger partial charge >= 0.3 is 24.0 Å². The molecule has 0 saturated carbocycles. The molecule has 0 heterocycles. The van der Waals surface area contributed by atoms with Crippen molar-refractivity contribution >= 4 is 29.9 Å². The van der Waals surface area contributed by atoms with E-state index in [1.54, 1.807) is 54.6 Å². The predicted molar refractivity (Wildman–Crippen MR) is 130 cm³/mol. The summed E-state index contributed by atoms with van der Waals surface area (Å²) < 4.78 is 19.3. The lowest BCUT2D eigenvalue weighted by Crippen LogP contribution is -2.56. The molecule has 198 valence electrons. The number of benzene rings is 2. The van der Waals surface area contributed by atoms with Crippen LogP contribution in [0.2, 0.25) is 0 Å². The number of carbonyl (C=O) groups is 5. The normalized spacial score (nSPS) is 12.7. The first-order valence-electron chi connectivity index (χ1n) is 11.3. The van der Waals surface area contributed by atoms with Gasteiger partial charge in [0.15, 0.2) is 0 Å². The highest BCUT2D eigenvalue weighted by atomic mass is 16.6. The van der Waals surface area contributed by atoms with Gasteiger partial charge in [0.25, 0.3) is 0 Å². The number of ether oxygens (including phenoxy) is 4. The third-order valence-electron chi connectivity index (χ3n) is 5.38. The fraction of sp³-hybridized carbons (Fsp3) is 0.346. The monoisotopic (exact) mass is 514 g/mol. The Balaban J connectivity index is 2.25. The number of carbonyl (C=O) groups excluding carboxylic acids is 5. The van der Waals surface area contributed by atoms with Crippen LogP contribution >= 0.6 is 0 Å². The number of esters is 3. The molecule has 11 heteroatoms. The smallest absolute Gasteiger partial charge is 0.408 e. The zero-order valence-electron chi connectivity index (χ0n) is 20.8. The van der Waals surface area contributed by atoms with Crippen LogP contribution in [0.4, 0.5) is 4.79 Å². The van der Waals surface area contributed by atoms with Crippen LogP contribution in [0, 0.1) is 5.92 Å². The number of methoxy groups -OCH3 is 3. The van der Waals surface area contributed by atoms with E-state index in [0.717, 1.165) is 26.9 Å². The van der Waals surface area contributed by atoms with Crippen LogP contribution in [0.3, 0.4) is 0 Å². The minimum absolute atomic E-state index is 0.0271. The van der Waals surface area contributed by atoms with Crippen LogP contribution in [-0.2, 0) is 51.2 Å². The number of rotatable bonds is 12. The second-order valence-corrected chi connectivity index (χ2v) is 7.87. The summed E-state index contributed by atoms with van der Waals surface area (Å²) in [5.74, 6) is -4.97. The topological polar surface area (TPSA) is 146 Å². The average Bonchev–Trinajstić information content (AvgIpc) is 2.93. The molecular formula is C26H30N2O9. The number of hydrogen-bond donors (Lipinski definition) is 2. The molecule has 0 aromatic heterocycles. The molecule has 11 nitrogen and oxygen atoms in total. The summed E-state index contributed by atoms with van der Waals surface area (Å²) >= 11 is 0. The molecule has 0 aliphatic heterocycles. The number of amides is 2. The Morgan fingerprint density at radius 1 is 0.730 bits per heavy atom. The molecule has 0 radical (unpaired) electrons. The van der Waals surface area contributed by atoms with Gasteiger partial charge in [0, 0.05) is 6.42 Å². The van der Waals surface area contributed by atoms with E-state index in [1.807, 2.05) is 6.07 Å². The Morgan fingerprint density at radius 2 is 1.30 bits per heavy atom. The van der Waals surface area contributed by atoms with E-state index >= 15 is 0 Å². The number of nitrogens with one attached hydrogen (secondary N) is 2. The van der Waals surface area contributed by atoms with Crippen molar-refractivity contribution in [1.82, 2.24) is 10.6 Å². The van der Waals surface area contributed by atoms with Crippen LogP contribution < -0.4 is 10.6 Å². The quantitative estimate of drug-likeness (QED) is 0.318. The van der Waals surface area contributed by atoms with Gasteiger partial charge in [0.05, 0.1) is 33.7 Å². The Bertz CT molecular complexity index is 1060. The van der Waals surface area contributed by atoms with Crippen LogP contribution in [0.15, 0.2) is 60.7 Å². The lowest BCUT2D eigenvalue weighted by atomic mass is 9.95. The van der Waals surface area contributed by atoms with Gasteiger partial charge < -0.3 is 29.6 Å². The van der Waals surface area contributed by atoms with Crippen molar-refractivity contribution in [2.24, 2.45) is 5.92 Å². The van der Waals surface area contributed by atoms with E-state index in [4.69, 9.17) is 14.2 Å². The Morgan fingerprint density at radius 3 is 1.84 bits per heavy atom. The molecule has 0 saturated heterocycles. The van der Waals surface area contributed by atoms with E-state index in [1.165, 1.54) is 0 Å². The van der Waals surface area contributed by atoms with Gasteiger partial charge in [-0.05, 0) is 11.1 Å². The summed E-state index contributed by atoms with van der Waals surface area (Å²) in [5, 5.41) is 4.92. The maximum absolute atomic E-state index is 13.3. The number of alkyl carbamates (subject to hydrolysis) is 1. The van der Waals surface area contributed by atoms with Gasteiger partial charge in [0.2, 0.25) is 5.91 Å². The van der Waals surface area contributed by atoms with Crippen molar-refractivity contribution in [2.45, 2.75) is 31.5 Å². The molecule has 2 aromatic carbocycles. The van der Waals surface area contributed by atoms with Crippen LogP contribution in [0.25, 0.3) is 0 Å². The molecule has 0 aliphatic rings. The molecule has 37 heavy (non-hydrogen) atoms. The first-order valence-corrected chi connectivity index (χ1v) is 11.3. The van der Waals surface area contributed by atoms with E-state index in [0.29, 0.717) is 5.56 Å². The van der Waals surface area contributed by atoms with E-state index < -0.39 is 54.3 Å². The molecule has 2 rings (SSSR count). The fourth-order valence-corrected chi connectivity index (χ4v) is 3.42. The highest BCUT2D eigenvalue weighted by Gasteiger charge is 2.40. The van der Waals surface area contributed by atoms with Crippen molar-refractivity contribution in [3.63, 3.8) is 0 Å². The summed E-state index contributed by atoms with van der Waals surface area (Å²) in [6, 6.07) is 15.0. The lowest BCUT2D eigenvalue weighted by Gasteiger charge is -2.26. The minimum atomic E-state index is -1.59. The van der Waals surface area contributed by atoms with Crippen molar-refractivity contribution in [2.75, 3.05) is 21.3 Å². The molecule has 2 amide bonds. The number of hydrogen-bond acceptors (Lipinski definition) is 9. The van der Waals surface area contributed by atoms with Gasteiger partial charge in [-0.3, -0.25) is 14.4 Å². The standard InChI is InChI=1S/C26H30N2O9/c1-34-21(29)15-19(24(31)35-2)22(25(32)36-3)28-23(30)20(14-17-10-6-4-7-11-17)27-26(33)37-16-18-12-8-5-9-13-18/h4-13,19-20,22H,14-16H2,1-3H3,(H,27,33)(H,28,30)/t19-,20-,22-/m1/s1. The molecule has 2 aromatic rings. The molecular weight excluding hydrogens is 484 g/mol. The summed E-state index contributed by atoms with van der Waals surface area (Å²) in [7, 11) is 3.25. The fourth-order valence-electron chi connectivity index (χ4n) is 3.42. The minimum Gasteiger partial charge on any atom is -0.469 e. The van der Waals surface area contributed by atoms with Crippen molar-refractivity contribution in [3.8, 4) is 0 Å². The van der Waals surface area contributed by atoms with Crippen molar-refractivity contribution < 1.29 is 42.9 Å². The third-order valence-corrected chi connectivity index (χ3v) is 5.38. The molecule has 0 spiro atoms. The SMILES string of the molecule is COC(=O)C[C@@H](C(=O)OC)[C@@H](NC(=O)[C@@H](Cc1ccccc1)NC(=O)OCc1ccccc1)C(=O)OC. The predicted octanol–water partition coefficient (Wildman–Crippen LogP) is 1.53. The second kappa shape index (κ2) is 14.9. The van der Waals surface area contributed by atoms with Gasteiger partial charge in [-0.1, -0.05) is 60.7 Å². The van der Waals surface area contributed by atoms with Crippen LogP contribution in [0.1, 0.15) is 17.5 Å². The molecule has 0 unspecified atom stereocenters. The molecule has 0 bridgehead atoms. The summed E-state index contributed by atoms with van der Waals surface area (Å²) in [6.45, 7) is -0.0271. The van der Waals surface area contributed by atoms with E-state index in [-0.39, 0.29) is 13.0 Å². The zero-order valence-corrected chi connectivity index (χ0v) is 20.8. The second-order valence-electron chi connectivity index (χ2n) is 7.87. The van der Waals surface area contributed by atoms with Gasteiger partial charge in [-0.15, -0.1) is 0 Å². The maximum Gasteiger partial charge on any atom is 0.408 e. The summed E-state index contributed by atoms with van der Waals surface area (Å²) in [4.78, 5) is 62.6. The maximum atomic E-state index is 13.3. The Hall–Kier alpha value is -4.41. The van der Waals surface area contributed by atoms with Crippen molar-refractivity contribution in [3.05, 3.63) is 71.8 Å². The van der Waals surface area contributed by atoms with E-state index in [2.05, 4.69) is 15.4 Å². The Kier molecular flexibility index (Phi) is 11.6. The average molecular weight is 515 g/mol. The third kappa shape index (κ3) is 9.28. The molecule has 0 aliphatic carbocycles. The zero-order chi connectivity index (χ0) is 27.2. The Labute approximate surface area is 214 Å². The lowest BCUT2D eigenvalue weighted by molar-refractivity contribution is -0.159. The summed E-state index contributed by atoms with van der Waals surface area (Å²) in [5.41, 5.74) is 1.45.